The van der Waals surface area contributed by atoms with E-state index in [1.807, 2.05) is 54.6 Å². The highest BCUT2D eigenvalue weighted by Crippen LogP contribution is 2.49. The van der Waals surface area contributed by atoms with Crippen LogP contribution in [0, 0.1) is 5.92 Å². The van der Waals surface area contributed by atoms with Crippen molar-refractivity contribution in [3.8, 4) is 0 Å². The summed E-state index contributed by atoms with van der Waals surface area (Å²) in [7, 11) is 0. The molecule has 0 N–H and O–H groups in total. The van der Waals surface area contributed by atoms with Gasteiger partial charge in [-0.3, -0.25) is 4.79 Å². The molecule has 5 rings (SSSR count). The molecule has 160 valence electrons. The predicted octanol–water partition coefficient (Wildman–Crippen LogP) is 6.40. The molecule has 1 aliphatic carbocycles. The third-order valence-corrected chi connectivity index (χ3v) is 6.38. The predicted molar refractivity (Wildman–Crippen MR) is 126 cm³/mol. The van der Waals surface area contributed by atoms with Gasteiger partial charge in [0.25, 0.3) is 0 Å². The van der Waals surface area contributed by atoms with Crippen LogP contribution in [0.4, 0.5) is 0 Å². The molecule has 1 fully saturated rings. The summed E-state index contributed by atoms with van der Waals surface area (Å²) >= 11 is 0. The number of rotatable bonds is 7. The molecule has 0 saturated heterocycles. The van der Waals surface area contributed by atoms with E-state index < -0.39 is 0 Å². The lowest BCUT2D eigenvalue weighted by atomic mass is 9.58. The largest absolute Gasteiger partial charge is 0.455 e. The van der Waals surface area contributed by atoms with Crippen LogP contribution in [-0.4, -0.2) is 18.1 Å². The van der Waals surface area contributed by atoms with Gasteiger partial charge in [0.2, 0.25) is 5.78 Å². The second kappa shape index (κ2) is 8.46. The summed E-state index contributed by atoms with van der Waals surface area (Å²) in [4.78, 5) is 18.0. The molecule has 4 heteroatoms. The number of para-hydroxylation sites is 1. The molecule has 0 spiro atoms. The van der Waals surface area contributed by atoms with Gasteiger partial charge in [0.05, 0.1) is 0 Å². The van der Waals surface area contributed by atoms with Crippen LogP contribution in [0.25, 0.3) is 11.0 Å². The molecule has 32 heavy (non-hydrogen) atoms. The van der Waals surface area contributed by atoms with Gasteiger partial charge in [-0.05, 0) is 36.0 Å². The fraction of sp³-hybridized carbons (Fsp3) is 0.214. The Morgan fingerprint density at radius 3 is 2.34 bits per heavy atom. The number of carbonyl (C=O) groups is 1. The molecule has 1 aromatic heterocycles. The highest BCUT2D eigenvalue weighted by atomic mass is 16.6. The number of carbonyl (C=O) groups excluding carboxylic acids is 1. The van der Waals surface area contributed by atoms with Gasteiger partial charge in [-0.25, -0.2) is 0 Å². The minimum Gasteiger partial charge on any atom is -0.455 e. The summed E-state index contributed by atoms with van der Waals surface area (Å²) in [5, 5.41) is 5.47. The van der Waals surface area contributed by atoms with Crippen LogP contribution >= 0.6 is 0 Å². The van der Waals surface area contributed by atoms with Crippen LogP contribution in [0.3, 0.4) is 0 Å². The van der Waals surface area contributed by atoms with Crippen LogP contribution in [0.5, 0.6) is 0 Å². The molecule has 1 heterocycles. The maximum atomic E-state index is 12.4. The molecule has 4 aromatic rings. The summed E-state index contributed by atoms with van der Waals surface area (Å²) in [6, 6.07) is 29.6. The van der Waals surface area contributed by atoms with Crippen LogP contribution in [0.15, 0.2) is 101 Å². The first-order chi connectivity index (χ1) is 15.6. The summed E-state index contributed by atoms with van der Waals surface area (Å²) in [5.74, 6) is 0.812. The standard InChI is InChI=1S/C28H25NO3/c1-28(23-13-6-3-7-14-23)17-22(18-28)27(26-16-21-12-8-9-15-25(21)32-26)29-31-19-24(30)20-10-4-2-5-11-20/h2-16,22H,17-19H2,1H3/b29-27+. The van der Waals surface area contributed by atoms with Gasteiger partial charge in [-0.15, -0.1) is 0 Å². The zero-order chi connectivity index (χ0) is 22.0. The van der Waals surface area contributed by atoms with Gasteiger partial charge >= 0.3 is 0 Å². The second-order valence-electron chi connectivity index (χ2n) is 8.72. The number of furan rings is 1. The second-order valence-corrected chi connectivity index (χ2v) is 8.72. The van der Waals surface area contributed by atoms with Gasteiger partial charge in [0.15, 0.2) is 12.4 Å². The summed E-state index contributed by atoms with van der Waals surface area (Å²) in [6.45, 7) is 2.19. The van der Waals surface area contributed by atoms with Crippen molar-refractivity contribution >= 4 is 22.5 Å². The Bertz CT molecular complexity index is 1220. The van der Waals surface area contributed by atoms with E-state index in [2.05, 4.69) is 36.3 Å². The van der Waals surface area contributed by atoms with Crippen LogP contribution in [0.1, 0.15) is 41.4 Å². The quantitative estimate of drug-likeness (QED) is 0.196. The van der Waals surface area contributed by atoms with Crippen LogP contribution in [-0.2, 0) is 10.3 Å². The molecule has 0 bridgehead atoms. The van der Waals surface area contributed by atoms with E-state index in [4.69, 9.17) is 9.25 Å². The van der Waals surface area contributed by atoms with Gasteiger partial charge < -0.3 is 9.25 Å². The lowest BCUT2D eigenvalue weighted by Gasteiger charge is -2.45. The van der Waals surface area contributed by atoms with Crippen molar-refractivity contribution in [2.24, 2.45) is 11.1 Å². The lowest BCUT2D eigenvalue weighted by Crippen LogP contribution is -2.42. The fourth-order valence-corrected chi connectivity index (χ4v) is 4.59. The molecule has 0 unspecified atom stereocenters. The first kappa shape index (κ1) is 20.3. The maximum absolute atomic E-state index is 12.4. The first-order valence-electron chi connectivity index (χ1n) is 10.9. The number of hydrogen-bond acceptors (Lipinski definition) is 4. The van der Waals surface area contributed by atoms with Crippen molar-refractivity contribution in [2.75, 3.05) is 6.61 Å². The normalized spacial score (nSPS) is 20.7. The van der Waals surface area contributed by atoms with E-state index in [-0.39, 0.29) is 23.7 Å². The third kappa shape index (κ3) is 3.96. The number of oxime groups is 1. The molecule has 1 saturated carbocycles. The number of hydrogen-bond donors (Lipinski definition) is 0. The topological polar surface area (TPSA) is 51.8 Å². The third-order valence-electron chi connectivity index (χ3n) is 6.38. The number of Topliss-reactive ketones (excluding diaryl/α,β-unsaturated/α-hetero) is 1. The Hall–Kier alpha value is -3.66. The zero-order valence-electron chi connectivity index (χ0n) is 18.0. The van der Waals surface area contributed by atoms with Crippen molar-refractivity contribution in [2.45, 2.75) is 25.2 Å². The monoisotopic (exact) mass is 423 g/mol. The van der Waals surface area contributed by atoms with E-state index in [1.54, 1.807) is 12.1 Å². The number of ketones is 1. The van der Waals surface area contributed by atoms with E-state index >= 15 is 0 Å². The Morgan fingerprint density at radius 2 is 1.62 bits per heavy atom. The molecular formula is C28H25NO3. The average Bonchev–Trinajstić information content (AvgIpc) is 3.25. The zero-order valence-corrected chi connectivity index (χ0v) is 18.0. The molecule has 0 aliphatic heterocycles. The Morgan fingerprint density at radius 1 is 0.969 bits per heavy atom. The SMILES string of the molecule is CC1(c2ccccc2)CC(/C(=N\OCC(=O)c2ccccc2)c2cc3ccccc3o2)C1. The summed E-state index contributed by atoms with van der Waals surface area (Å²) in [5.41, 5.74) is 3.64. The Labute approximate surface area is 187 Å². The van der Waals surface area contributed by atoms with E-state index in [0.29, 0.717) is 11.3 Å². The maximum Gasteiger partial charge on any atom is 0.203 e. The number of nitrogens with zero attached hydrogens (tertiary/aromatic N) is 1. The van der Waals surface area contributed by atoms with Crippen LogP contribution < -0.4 is 0 Å². The molecule has 1 aliphatic rings. The van der Waals surface area contributed by atoms with E-state index in [9.17, 15) is 4.79 Å². The van der Waals surface area contributed by atoms with Gasteiger partial charge in [0.1, 0.15) is 11.3 Å². The highest BCUT2D eigenvalue weighted by molar-refractivity contribution is 6.03. The van der Waals surface area contributed by atoms with Crippen molar-refractivity contribution < 1.29 is 14.0 Å². The van der Waals surface area contributed by atoms with Gasteiger partial charge in [-0.1, -0.05) is 90.9 Å². The smallest absolute Gasteiger partial charge is 0.203 e. The average molecular weight is 424 g/mol. The molecule has 0 radical (unpaired) electrons. The van der Waals surface area contributed by atoms with Crippen molar-refractivity contribution in [3.05, 3.63) is 108 Å². The number of benzene rings is 3. The molecule has 4 nitrogen and oxygen atoms in total. The van der Waals surface area contributed by atoms with Crippen molar-refractivity contribution in [1.82, 2.24) is 0 Å². The minimum atomic E-state index is -0.101. The molecular weight excluding hydrogens is 398 g/mol. The Kier molecular flexibility index (Phi) is 5.36. The fourth-order valence-electron chi connectivity index (χ4n) is 4.59. The van der Waals surface area contributed by atoms with E-state index in [1.165, 1.54) is 5.56 Å². The lowest BCUT2D eigenvalue weighted by molar-refractivity contribution is 0.0766. The van der Waals surface area contributed by atoms with Crippen molar-refractivity contribution in [3.63, 3.8) is 0 Å². The summed E-state index contributed by atoms with van der Waals surface area (Å²) in [6.07, 6.45) is 1.89. The molecule has 0 atom stereocenters. The minimum absolute atomic E-state index is 0.0958. The summed E-state index contributed by atoms with van der Waals surface area (Å²) < 4.78 is 6.11. The van der Waals surface area contributed by atoms with Crippen LogP contribution in [0.2, 0.25) is 0 Å². The van der Waals surface area contributed by atoms with E-state index in [0.717, 1.165) is 29.5 Å². The van der Waals surface area contributed by atoms with Crippen molar-refractivity contribution in [1.29, 1.82) is 0 Å². The molecule has 0 amide bonds. The first-order valence-corrected chi connectivity index (χ1v) is 10.9. The van der Waals surface area contributed by atoms with Gasteiger partial charge in [-0.2, -0.15) is 0 Å². The highest BCUT2D eigenvalue weighted by Gasteiger charge is 2.45. The Balaban J connectivity index is 1.38. The van der Waals surface area contributed by atoms with Gasteiger partial charge in [0, 0.05) is 16.9 Å². The molecule has 3 aromatic carbocycles. The number of fused-ring (bicyclic) bond motifs is 1.